The Morgan fingerprint density at radius 2 is 1.74 bits per heavy atom. The van der Waals surface area contributed by atoms with Crippen LogP contribution in [0.2, 0.25) is 25.7 Å². The molecule has 0 bridgehead atoms. The number of piperidine rings is 1. The van der Waals surface area contributed by atoms with Gasteiger partial charge >= 0.3 is 0 Å². The minimum atomic E-state index is -1.12. The predicted molar refractivity (Wildman–Crippen MR) is 152 cm³/mol. The minimum Gasteiger partial charge on any atom is -0.496 e. The molecule has 0 aliphatic carbocycles. The smallest absolute Gasteiger partial charge is 0.201 e. The lowest BCUT2D eigenvalue weighted by Gasteiger charge is -2.46. The van der Waals surface area contributed by atoms with Gasteiger partial charge in [0.15, 0.2) is 0 Å². The Hall–Kier alpha value is -2.89. The van der Waals surface area contributed by atoms with Gasteiger partial charge in [0.1, 0.15) is 18.0 Å². The zero-order valence-electron chi connectivity index (χ0n) is 23.9. The van der Waals surface area contributed by atoms with Crippen LogP contribution in [0.4, 0.5) is 0 Å². The van der Waals surface area contributed by atoms with Crippen LogP contribution in [0.15, 0.2) is 24.4 Å². The first kappa shape index (κ1) is 26.7. The Morgan fingerprint density at radius 1 is 1.00 bits per heavy atom. The highest BCUT2D eigenvalue weighted by Crippen LogP contribution is 2.37. The summed E-state index contributed by atoms with van der Waals surface area (Å²) in [7, 11) is 0.533. The number of nitrogens with zero attached hydrogens (tertiary/aromatic N) is 7. The van der Waals surface area contributed by atoms with Crippen molar-refractivity contribution in [2.24, 2.45) is 0 Å². The summed E-state index contributed by atoms with van der Waals surface area (Å²) in [5, 5.41) is 27.6. The van der Waals surface area contributed by atoms with E-state index < -0.39 is 8.07 Å². The maximum absolute atomic E-state index is 5.88. The first-order valence-corrected chi connectivity index (χ1v) is 17.0. The van der Waals surface area contributed by atoms with Crippen molar-refractivity contribution in [3.63, 3.8) is 0 Å². The molecule has 5 rings (SSSR count). The van der Waals surface area contributed by atoms with E-state index in [-0.39, 0.29) is 17.1 Å². The normalized spacial score (nSPS) is 17.9. The molecular formula is C27H40N8O2Si. The largest absolute Gasteiger partial charge is 0.496 e. The molecule has 38 heavy (non-hydrogen) atoms. The van der Waals surface area contributed by atoms with Gasteiger partial charge in [-0.15, -0.1) is 15.3 Å². The van der Waals surface area contributed by atoms with Gasteiger partial charge in [-0.05, 0) is 58.7 Å². The SMILES string of the molecule is COc1cc2nn(COCC[Si](C)(C)C)cc2cc1-c1cc2nnn(C3CC(C)(C)NC(C)(C)C3)c2nn1. The lowest BCUT2D eigenvalue weighted by atomic mass is 9.80. The molecule has 10 nitrogen and oxygen atoms in total. The maximum atomic E-state index is 5.88. The van der Waals surface area contributed by atoms with Gasteiger partial charge in [0.25, 0.3) is 0 Å². The molecule has 1 aliphatic rings. The first-order valence-electron chi connectivity index (χ1n) is 13.3. The van der Waals surface area contributed by atoms with Crippen molar-refractivity contribution in [3.05, 3.63) is 24.4 Å². The van der Waals surface area contributed by atoms with Crippen LogP contribution >= 0.6 is 0 Å². The molecule has 1 fully saturated rings. The second-order valence-corrected chi connectivity index (χ2v) is 18.7. The number of hydrogen-bond donors (Lipinski definition) is 1. The molecule has 1 N–H and O–H groups in total. The number of nitrogens with one attached hydrogen (secondary N) is 1. The first-order chi connectivity index (χ1) is 17.8. The third kappa shape index (κ3) is 5.74. The van der Waals surface area contributed by atoms with E-state index in [1.54, 1.807) is 7.11 Å². The monoisotopic (exact) mass is 536 g/mol. The predicted octanol–water partition coefficient (Wildman–Crippen LogP) is 5.04. The Balaban J connectivity index is 1.42. The van der Waals surface area contributed by atoms with Gasteiger partial charge in [-0.1, -0.05) is 24.9 Å². The third-order valence-electron chi connectivity index (χ3n) is 7.10. The van der Waals surface area contributed by atoms with Crippen molar-refractivity contribution in [1.82, 2.24) is 40.3 Å². The molecule has 4 aromatic rings. The summed E-state index contributed by atoms with van der Waals surface area (Å²) in [4.78, 5) is 0. The van der Waals surface area contributed by atoms with Gasteiger partial charge in [0.2, 0.25) is 5.65 Å². The van der Waals surface area contributed by atoms with Crippen LogP contribution in [0, 0.1) is 0 Å². The summed E-state index contributed by atoms with van der Waals surface area (Å²) < 4.78 is 15.4. The molecule has 204 valence electrons. The number of aromatic nitrogens is 7. The van der Waals surface area contributed by atoms with Gasteiger partial charge in [0, 0.05) is 49.0 Å². The molecule has 1 aromatic carbocycles. The number of hydrogen-bond acceptors (Lipinski definition) is 8. The van der Waals surface area contributed by atoms with E-state index in [4.69, 9.17) is 9.47 Å². The van der Waals surface area contributed by atoms with Gasteiger partial charge in [-0.25, -0.2) is 9.36 Å². The van der Waals surface area contributed by atoms with Gasteiger partial charge in [-0.3, -0.25) is 0 Å². The van der Waals surface area contributed by atoms with Crippen molar-refractivity contribution in [1.29, 1.82) is 0 Å². The standard InChI is InChI=1S/C27H40N8O2Si/c1-26(2)14-19(15-27(3,4)32-26)35-25-23(29-33-35)12-22(28-30-25)20-11-18-16-34(17-37-9-10-38(6,7)8)31-21(18)13-24(20)36-5/h11-13,16,19,32H,9-10,14-15,17H2,1-8H3. The molecular weight excluding hydrogens is 496 g/mol. The topological polar surface area (TPSA) is 105 Å². The zero-order valence-corrected chi connectivity index (χ0v) is 24.9. The number of benzene rings is 1. The van der Waals surface area contributed by atoms with Crippen LogP contribution in [0.25, 0.3) is 33.3 Å². The van der Waals surface area contributed by atoms with E-state index in [1.807, 2.05) is 33.8 Å². The Labute approximate surface area is 225 Å². The molecule has 1 saturated heterocycles. The molecule has 0 spiro atoms. The average Bonchev–Trinajstić information content (AvgIpc) is 3.41. The molecule has 0 amide bonds. The fourth-order valence-electron chi connectivity index (χ4n) is 5.65. The van der Waals surface area contributed by atoms with Crippen LogP contribution in [-0.4, -0.2) is 67.8 Å². The number of methoxy groups -OCH3 is 1. The molecule has 0 atom stereocenters. The fourth-order valence-corrected chi connectivity index (χ4v) is 6.40. The Bertz CT molecular complexity index is 1440. The van der Waals surface area contributed by atoms with Crippen molar-refractivity contribution in [2.75, 3.05) is 13.7 Å². The summed E-state index contributed by atoms with van der Waals surface area (Å²) >= 11 is 0. The fraction of sp³-hybridized carbons (Fsp3) is 0.593. The van der Waals surface area contributed by atoms with E-state index in [0.29, 0.717) is 23.8 Å². The number of rotatable bonds is 8. The lowest BCUT2D eigenvalue weighted by molar-refractivity contribution is 0.0791. The van der Waals surface area contributed by atoms with Crippen molar-refractivity contribution < 1.29 is 9.47 Å². The van der Waals surface area contributed by atoms with Crippen LogP contribution in [0.5, 0.6) is 5.75 Å². The highest BCUT2D eigenvalue weighted by atomic mass is 28.3. The average molecular weight is 537 g/mol. The van der Waals surface area contributed by atoms with E-state index >= 15 is 0 Å². The third-order valence-corrected chi connectivity index (χ3v) is 8.81. The summed E-state index contributed by atoms with van der Waals surface area (Å²) in [5.74, 6) is 0.685. The summed E-state index contributed by atoms with van der Waals surface area (Å²) in [5.41, 5.74) is 3.78. The van der Waals surface area contributed by atoms with Crippen molar-refractivity contribution in [2.45, 2.75) is 90.1 Å². The van der Waals surface area contributed by atoms with E-state index in [0.717, 1.165) is 47.5 Å². The highest BCUT2D eigenvalue weighted by Gasteiger charge is 2.39. The minimum absolute atomic E-state index is 0.00929. The van der Waals surface area contributed by atoms with Gasteiger partial charge < -0.3 is 14.8 Å². The Kier molecular flexibility index (Phi) is 6.81. The van der Waals surface area contributed by atoms with E-state index in [1.165, 1.54) is 0 Å². The molecule has 11 heteroatoms. The maximum Gasteiger partial charge on any atom is 0.201 e. The van der Waals surface area contributed by atoms with Crippen LogP contribution in [0.1, 0.15) is 46.6 Å². The zero-order chi connectivity index (χ0) is 27.3. The Morgan fingerprint density at radius 3 is 2.42 bits per heavy atom. The van der Waals surface area contributed by atoms with Crippen molar-refractivity contribution >= 4 is 30.1 Å². The van der Waals surface area contributed by atoms with Gasteiger partial charge in [-0.2, -0.15) is 5.10 Å². The van der Waals surface area contributed by atoms with E-state index in [2.05, 4.69) is 78.3 Å². The van der Waals surface area contributed by atoms with E-state index in [9.17, 15) is 0 Å². The van der Waals surface area contributed by atoms with Crippen LogP contribution in [0.3, 0.4) is 0 Å². The number of ether oxygens (including phenoxy) is 2. The lowest BCUT2D eigenvalue weighted by Crippen LogP contribution is -2.58. The summed E-state index contributed by atoms with van der Waals surface area (Å²) in [6, 6.07) is 7.24. The summed E-state index contributed by atoms with van der Waals surface area (Å²) in [6.07, 6.45) is 3.87. The number of fused-ring (bicyclic) bond motifs is 2. The quantitative estimate of drug-likeness (QED) is 0.247. The van der Waals surface area contributed by atoms with Crippen LogP contribution < -0.4 is 10.1 Å². The van der Waals surface area contributed by atoms with Crippen LogP contribution in [-0.2, 0) is 11.5 Å². The second kappa shape index (κ2) is 9.69. The molecule has 0 unspecified atom stereocenters. The summed E-state index contributed by atoms with van der Waals surface area (Å²) in [6.45, 7) is 17.1. The van der Waals surface area contributed by atoms with Crippen molar-refractivity contribution in [3.8, 4) is 17.0 Å². The molecule has 4 heterocycles. The molecule has 1 aliphatic heterocycles. The molecule has 0 radical (unpaired) electrons. The molecule has 0 saturated carbocycles. The highest BCUT2D eigenvalue weighted by molar-refractivity contribution is 6.76. The van der Waals surface area contributed by atoms with Gasteiger partial charge in [0.05, 0.1) is 24.4 Å². The molecule has 3 aromatic heterocycles. The second-order valence-electron chi connectivity index (χ2n) is 13.1.